The van der Waals surface area contributed by atoms with Crippen LogP contribution in [-0.4, -0.2) is 46.9 Å². The first-order valence-electron chi connectivity index (χ1n) is 9.55. The van der Waals surface area contributed by atoms with E-state index in [0.717, 1.165) is 54.6 Å². The van der Waals surface area contributed by atoms with Gasteiger partial charge in [0.25, 0.3) is 5.91 Å². The molecule has 29 heavy (non-hydrogen) atoms. The maximum absolute atomic E-state index is 12.8. The molecule has 0 saturated carbocycles. The van der Waals surface area contributed by atoms with Gasteiger partial charge in [-0.3, -0.25) is 14.7 Å². The number of rotatable bonds is 6. The summed E-state index contributed by atoms with van der Waals surface area (Å²) in [5.74, 6) is 0.864. The van der Waals surface area contributed by atoms with E-state index in [9.17, 15) is 4.79 Å². The molecule has 0 aliphatic carbocycles. The number of aromatic nitrogens is 1. The average molecular weight is 428 g/mol. The summed E-state index contributed by atoms with van der Waals surface area (Å²) in [5, 5.41) is 2.67. The molecule has 0 spiro atoms. The Morgan fingerprint density at radius 2 is 1.90 bits per heavy atom. The third-order valence-corrected chi connectivity index (χ3v) is 6.07. The van der Waals surface area contributed by atoms with Crippen molar-refractivity contribution in [1.82, 2.24) is 14.8 Å². The Morgan fingerprint density at radius 1 is 1.10 bits per heavy atom. The van der Waals surface area contributed by atoms with Gasteiger partial charge in [0.15, 0.2) is 0 Å². The molecule has 1 aromatic carbocycles. The fourth-order valence-corrected chi connectivity index (χ4v) is 4.24. The van der Waals surface area contributed by atoms with Crippen molar-refractivity contribution in [3.8, 4) is 5.75 Å². The Labute approximate surface area is 179 Å². The zero-order valence-electron chi connectivity index (χ0n) is 16.0. The second-order valence-corrected chi connectivity index (χ2v) is 8.30. The lowest BCUT2D eigenvalue weighted by atomic mass is 10.2. The molecule has 5 nitrogen and oxygen atoms in total. The molecule has 1 amide bonds. The second-order valence-electron chi connectivity index (χ2n) is 6.95. The highest BCUT2D eigenvalue weighted by molar-refractivity contribution is 7.12. The molecular weight excluding hydrogens is 406 g/mol. The van der Waals surface area contributed by atoms with Crippen molar-refractivity contribution in [2.45, 2.75) is 13.2 Å². The van der Waals surface area contributed by atoms with E-state index in [1.165, 1.54) is 11.3 Å². The van der Waals surface area contributed by atoms with Crippen molar-refractivity contribution in [1.29, 1.82) is 0 Å². The van der Waals surface area contributed by atoms with Crippen LogP contribution in [0.3, 0.4) is 0 Å². The summed E-state index contributed by atoms with van der Waals surface area (Å²) >= 11 is 7.36. The summed E-state index contributed by atoms with van der Waals surface area (Å²) in [4.78, 5) is 22.3. The van der Waals surface area contributed by atoms with Crippen molar-refractivity contribution in [3.63, 3.8) is 0 Å². The second kappa shape index (κ2) is 9.39. The van der Waals surface area contributed by atoms with Crippen molar-refractivity contribution < 1.29 is 9.53 Å². The monoisotopic (exact) mass is 427 g/mol. The molecule has 1 fully saturated rings. The Kier molecular flexibility index (Phi) is 6.44. The SMILES string of the molecule is O=C(c1cc(COc2ccc(Cl)cc2)cs1)N1CCN(Cc2ccccn2)CC1. The van der Waals surface area contributed by atoms with Crippen LogP contribution >= 0.6 is 22.9 Å². The molecule has 0 N–H and O–H groups in total. The van der Waals surface area contributed by atoms with Gasteiger partial charge in [-0.05, 0) is 47.8 Å². The number of pyridine rings is 1. The average Bonchev–Trinajstić information content (AvgIpc) is 3.23. The molecule has 0 unspecified atom stereocenters. The van der Waals surface area contributed by atoms with Crippen molar-refractivity contribution in [3.05, 3.63) is 81.3 Å². The molecule has 1 aliphatic heterocycles. The highest BCUT2D eigenvalue weighted by Crippen LogP contribution is 2.21. The van der Waals surface area contributed by atoms with E-state index in [-0.39, 0.29) is 5.91 Å². The summed E-state index contributed by atoms with van der Waals surface area (Å²) < 4.78 is 5.77. The number of ether oxygens (including phenoxy) is 1. The Balaban J connectivity index is 1.27. The Morgan fingerprint density at radius 3 is 2.62 bits per heavy atom. The largest absolute Gasteiger partial charge is 0.489 e. The molecule has 4 rings (SSSR count). The van der Waals surface area contributed by atoms with Crippen LogP contribution in [0, 0.1) is 0 Å². The molecule has 0 atom stereocenters. The molecule has 2 aromatic heterocycles. The van der Waals surface area contributed by atoms with E-state index >= 15 is 0 Å². The third-order valence-electron chi connectivity index (χ3n) is 4.85. The fraction of sp³-hybridized carbons (Fsp3) is 0.273. The van der Waals surface area contributed by atoms with Crippen LogP contribution in [0.4, 0.5) is 0 Å². The van der Waals surface area contributed by atoms with Gasteiger partial charge in [0.1, 0.15) is 12.4 Å². The lowest BCUT2D eigenvalue weighted by molar-refractivity contribution is 0.0631. The quantitative estimate of drug-likeness (QED) is 0.587. The molecule has 0 bridgehead atoms. The van der Waals surface area contributed by atoms with E-state index in [1.807, 2.05) is 52.9 Å². The molecule has 1 saturated heterocycles. The molecular formula is C22H22ClN3O2S. The number of nitrogens with zero attached hydrogens (tertiary/aromatic N) is 3. The Bertz CT molecular complexity index is 938. The minimum atomic E-state index is 0.102. The first-order chi connectivity index (χ1) is 14.2. The van der Waals surface area contributed by atoms with Gasteiger partial charge >= 0.3 is 0 Å². The van der Waals surface area contributed by atoms with Crippen LogP contribution in [0.1, 0.15) is 20.9 Å². The van der Waals surface area contributed by atoms with Gasteiger partial charge in [-0.1, -0.05) is 17.7 Å². The molecule has 7 heteroatoms. The number of carbonyl (C=O) groups is 1. The van der Waals surface area contributed by atoms with Gasteiger partial charge in [-0.25, -0.2) is 0 Å². The number of hydrogen-bond acceptors (Lipinski definition) is 5. The summed E-state index contributed by atoms with van der Waals surface area (Å²) in [7, 11) is 0. The topological polar surface area (TPSA) is 45.7 Å². The number of carbonyl (C=O) groups excluding carboxylic acids is 1. The van der Waals surface area contributed by atoms with Gasteiger partial charge in [-0.15, -0.1) is 11.3 Å². The van der Waals surface area contributed by atoms with E-state index in [2.05, 4.69) is 9.88 Å². The highest BCUT2D eigenvalue weighted by atomic mass is 35.5. The summed E-state index contributed by atoms with van der Waals surface area (Å²) in [5.41, 5.74) is 2.07. The number of halogens is 1. The fourth-order valence-electron chi connectivity index (χ4n) is 3.25. The number of hydrogen-bond donors (Lipinski definition) is 0. The molecule has 1 aliphatic rings. The van der Waals surface area contributed by atoms with Gasteiger partial charge in [0.2, 0.25) is 0 Å². The molecule has 3 heterocycles. The molecule has 3 aromatic rings. The van der Waals surface area contributed by atoms with Gasteiger partial charge < -0.3 is 9.64 Å². The minimum absolute atomic E-state index is 0.102. The number of thiophene rings is 1. The maximum atomic E-state index is 12.8. The predicted molar refractivity (Wildman–Crippen MR) is 116 cm³/mol. The van der Waals surface area contributed by atoms with E-state index < -0.39 is 0 Å². The standard InChI is InChI=1S/C22H22ClN3O2S/c23-18-4-6-20(7-5-18)28-15-17-13-21(29-16-17)22(27)26-11-9-25(10-12-26)14-19-3-1-2-8-24-19/h1-8,13,16H,9-12,14-15H2. The maximum Gasteiger partial charge on any atom is 0.264 e. The lowest BCUT2D eigenvalue weighted by Crippen LogP contribution is -2.48. The first-order valence-corrected chi connectivity index (χ1v) is 10.8. The zero-order chi connectivity index (χ0) is 20.1. The third kappa shape index (κ3) is 5.35. The van der Waals surface area contributed by atoms with Crippen molar-refractivity contribution in [2.24, 2.45) is 0 Å². The predicted octanol–water partition coefficient (Wildman–Crippen LogP) is 4.33. The summed E-state index contributed by atoms with van der Waals surface area (Å²) in [6, 6.07) is 15.2. The van der Waals surface area contributed by atoms with Crippen LogP contribution in [0.5, 0.6) is 5.75 Å². The number of benzene rings is 1. The number of amides is 1. The summed E-state index contributed by atoms with van der Waals surface area (Å²) in [6.45, 7) is 4.46. The van der Waals surface area contributed by atoms with E-state index in [4.69, 9.17) is 16.3 Å². The minimum Gasteiger partial charge on any atom is -0.489 e. The lowest BCUT2D eigenvalue weighted by Gasteiger charge is -2.34. The first kappa shape index (κ1) is 19.9. The smallest absolute Gasteiger partial charge is 0.264 e. The Hall–Kier alpha value is -2.41. The normalized spacial score (nSPS) is 14.7. The van der Waals surface area contributed by atoms with E-state index in [1.54, 1.807) is 12.1 Å². The van der Waals surface area contributed by atoms with Gasteiger partial charge in [0.05, 0.1) is 10.6 Å². The number of piperazine rings is 1. The highest BCUT2D eigenvalue weighted by Gasteiger charge is 2.23. The van der Waals surface area contributed by atoms with Crippen molar-refractivity contribution >= 4 is 28.8 Å². The zero-order valence-corrected chi connectivity index (χ0v) is 17.5. The van der Waals surface area contributed by atoms with Gasteiger partial charge in [-0.2, -0.15) is 0 Å². The van der Waals surface area contributed by atoms with Crippen LogP contribution < -0.4 is 4.74 Å². The van der Waals surface area contributed by atoms with Crippen LogP contribution in [0.25, 0.3) is 0 Å². The van der Waals surface area contributed by atoms with Crippen LogP contribution in [-0.2, 0) is 13.2 Å². The molecule has 150 valence electrons. The summed E-state index contributed by atoms with van der Waals surface area (Å²) in [6.07, 6.45) is 1.82. The van der Waals surface area contributed by atoms with E-state index in [0.29, 0.717) is 11.6 Å². The molecule has 0 radical (unpaired) electrons. The van der Waals surface area contributed by atoms with Crippen molar-refractivity contribution in [2.75, 3.05) is 26.2 Å². The van der Waals surface area contributed by atoms with Crippen LogP contribution in [0.2, 0.25) is 5.02 Å². The van der Waals surface area contributed by atoms with Gasteiger partial charge in [0, 0.05) is 49.5 Å². The van der Waals surface area contributed by atoms with Crippen LogP contribution in [0.15, 0.2) is 60.1 Å².